The standard InChI is InChI=1S/C23H19Cl3N2O2/c1-14-8-16(12-27-28-23(29)17-4-3-5-19(24)10-17)9-15(2)22(14)30-13-18-6-7-20(25)11-21(18)26/h3-12H,13H2,1-2H3,(H,28,29)/b27-12-. The van der Waals surface area contributed by atoms with E-state index in [0.29, 0.717) is 27.2 Å². The number of hydrogen-bond donors (Lipinski definition) is 1. The van der Waals surface area contributed by atoms with Crippen molar-refractivity contribution in [2.24, 2.45) is 5.10 Å². The number of hydrogen-bond acceptors (Lipinski definition) is 3. The van der Waals surface area contributed by atoms with Gasteiger partial charge in [-0.15, -0.1) is 0 Å². The van der Waals surface area contributed by atoms with Crippen molar-refractivity contribution < 1.29 is 9.53 Å². The Morgan fingerprint density at radius 2 is 1.70 bits per heavy atom. The molecular formula is C23H19Cl3N2O2. The Bertz CT molecular complexity index is 1090. The summed E-state index contributed by atoms with van der Waals surface area (Å²) in [6.45, 7) is 4.24. The highest BCUT2D eigenvalue weighted by Gasteiger charge is 2.09. The zero-order chi connectivity index (χ0) is 21.7. The molecule has 0 fully saturated rings. The van der Waals surface area contributed by atoms with Crippen molar-refractivity contribution in [1.29, 1.82) is 0 Å². The number of aryl methyl sites for hydroxylation is 2. The molecule has 0 atom stereocenters. The molecule has 0 aliphatic rings. The summed E-state index contributed by atoms with van der Waals surface area (Å²) in [7, 11) is 0. The summed E-state index contributed by atoms with van der Waals surface area (Å²) in [6.07, 6.45) is 1.59. The summed E-state index contributed by atoms with van der Waals surface area (Å²) in [5.41, 5.74) is 6.53. The Morgan fingerprint density at radius 1 is 1.00 bits per heavy atom. The molecule has 30 heavy (non-hydrogen) atoms. The summed E-state index contributed by atoms with van der Waals surface area (Å²) >= 11 is 18.1. The van der Waals surface area contributed by atoms with Crippen LogP contribution in [-0.2, 0) is 6.61 Å². The second-order valence-electron chi connectivity index (χ2n) is 6.72. The smallest absolute Gasteiger partial charge is 0.271 e. The second kappa shape index (κ2) is 9.98. The number of carbonyl (C=O) groups excluding carboxylic acids is 1. The fourth-order valence-electron chi connectivity index (χ4n) is 2.93. The SMILES string of the molecule is Cc1cc(/C=N\NC(=O)c2cccc(Cl)c2)cc(C)c1OCc1ccc(Cl)cc1Cl. The maximum atomic E-state index is 12.1. The van der Waals surface area contributed by atoms with Crippen LogP contribution in [0.2, 0.25) is 15.1 Å². The van der Waals surface area contributed by atoms with Crippen LogP contribution in [-0.4, -0.2) is 12.1 Å². The number of nitrogens with one attached hydrogen (secondary N) is 1. The third-order valence-corrected chi connectivity index (χ3v) is 5.16. The first-order chi connectivity index (χ1) is 14.3. The van der Waals surface area contributed by atoms with Gasteiger partial charge in [0, 0.05) is 26.2 Å². The maximum absolute atomic E-state index is 12.1. The summed E-state index contributed by atoms with van der Waals surface area (Å²) in [5, 5.41) is 5.68. The van der Waals surface area contributed by atoms with Crippen LogP contribution >= 0.6 is 34.8 Å². The number of benzene rings is 3. The first-order valence-electron chi connectivity index (χ1n) is 9.10. The van der Waals surface area contributed by atoms with Crippen molar-refractivity contribution in [1.82, 2.24) is 5.43 Å². The molecule has 0 heterocycles. The molecule has 4 nitrogen and oxygen atoms in total. The van der Waals surface area contributed by atoms with Crippen molar-refractivity contribution in [3.8, 4) is 5.75 Å². The molecule has 0 saturated carbocycles. The summed E-state index contributed by atoms with van der Waals surface area (Å²) in [4.78, 5) is 12.1. The van der Waals surface area contributed by atoms with Crippen LogP contribution in [0.15, 0.2) is 59.7 Å². The molecule has 0 aliphatic carbocycles. The third kappa shape index (κ3) is 5.76. The first-order valence-corrected chi connectivity index (χ1v) is 10.2. The van der Waals surface area contributed by atoms with E-state index < -0.39 is 0 Å². The highest BCUT2D eigenvalue weighted by Crippen LogP contribution is 2.27. The van der Waals surface area contributed by atoms with Crippen molar-refractivity contribution in [2.45, 2.75) is 20.5 Å². The van der Waals surface area contributed by atoms with E-state index in [4.69, 9.17) is 39.5 Å². The number of amides is 1. The van der Waals surface area contributed by atoms with Gasteiger partial charge in [0.2, 0.25) is 0 Å². The minimum absolute atomic E-state index is 0.331. The van der Waals surface area contributed by atoms with Gasteiger partial charge in [0.05, 0.1) is 6.21 Å². The van der Waals surface area contributed by atoms with Gasteiger partial charge in [-0.2, -0.15) is 5.10 Å². The summed E-state index contributed by atoms with van der Waals surface area (Å²) in [6, 6.07) is 15.9. The molecule has 7 heteroatoms. The van der Waals surface area contributed by atoms with Gasteiger partial charge in [-0.05, 0) is 73.0 Å². The van der Waals surface area contributed by atoms with Crippen LogP contribution in [0.4, 0.5) is 0 Å². The van der Waals surface area contributed by atoms with E-state index in [1.807, 2.05) is 32.0 Å². The molecule has 0 unspecified atom stereocenters. The van der Waals surface area contributed by atoms with Gasteiger partial charge in [0.1, 0.15) is 12.4 Å². The van der Waals surface area contributed by atoms with E-state index in [-0.39, 0.29) is 5.91 Å². The van der Waals surface area contributed by atoms with Crippen LogP contribution in [0.1, 0.15) is 32.6 Å². The van der Waals surface area contributed by atoms with Crippen LogP contribution in [0.5, 0.6) is 5.75 Å². The molecule has 3 aromatic carbocycles. The normalized spacial score (nSPS) is 11.0. The van der Waals surface area contributed by atoms with Gasteiger partial charge in [-0.1, -0.05) is 46.9 Å². The number of nitrogens with zero attached hydrogens (tertiary/aromatic N) is 1. The van der Waals surface area contributed by atoms with Gasteiger partial charge in [-0.25, -0.2) is 5.43 Å². The van der Waals surface area contributed by atoms with Gasteiger partial charge in [-0.3, -0.25) is 4.79 Å². The third-order valence-electron chi connectivity index (χ3n) is 4.34. The highest BCUT2D eigenvalue weighted by molar-refractivity contribution is 6.35. The molecule has 1 amide bonds. The summed E-state index contributed by atoms with van der Waals surface area (Å²) in [5.74, 6) is 0.447. The van der Waals surface area contributed by atoms with Crippen molar-refractivity contribution >= 4 is 46.9 Å². The molecular weight excluding hydrogens is 443 g/mol. The number of halogens is 3. The number of carbonyl (C=O) groups is 1. The van der Waals surface area contributed by atoms with Crippen LogP contribution in [0.25, 0.3) is 0 Å². The van der Waals surface area contributed by atoms with Crippen LogP contribution in [0, 0.1) is 13.8 Å². The van der Waals surface area contributed by atoms with E-state index >= 15 is 0 Å². The molecule has 0 aliphatic heterocycles. The van der Waals surface area contributed by atoms with E-state index in [1.54, 1.807) is 42.6 Å². The number of hydrazone groups is 1. The predicted molar refractivity (Wildman–Crippen MR) is 123 cm³/mol. The van der Waals surface area contributed by atoms with Crippen molar-refractivity contribution in [3.63, 3.8) is 0 Å². The largest absolute Gasteiger partial charge is 0.488 e. The fourth-order valence-corrected chi connectivity index (χ4v) is 3.59. The number of ether oxygens (including phenoxy) is 1. The Balaban J connectivity index is 1.66. The van der Waals surface area contributed by atoms with E-state index in [2.05, 4.69) is 10.5 Å². The Kier molecular flexibility index (Phi) is 7.38. The minimum Gasteiger partial charge on any atom is -0.488 e. The average Bonchev–Trinajstić information content (AvgIpc) is 2.68. The molecule has 1 N–H and O–H groups in total. The van der Waals surface area contributed by atoms with E-state index in [1.165, 1.54) is 0 Å². The van der Waals surface area contributed by atoms with Crippen molar-refractivity contribution in [3.05, 3.63) is 97.5 Å². The maximum Gasteiger partial charge on any atom is 0.271 e. The zero-order valence-corrected chi connectivity index (χ0v) is 18.6. The lowest BCUT2D eigenvalue weighted by molar-refractivity contribution is 0.0955. The topological polar surface area (TPSA) is 50.7 Å². The molecule has 0 spiro atoms. The fraction of sp³-hybridized carbons (Fsp3) is 0.130. The minimum atomic E-state index is -0.331. The Labute approximate surface area is 190 Å². The van der Waals surface area contributed by atoms with E-state index in [9.17, 15) is 4.79 Å². The summed E-state index contributed by atoms with van der Waals surface area (Å²) < 4.78 is 5.99. The second-order valence-corrected chi connectivity index (χ2v) is 8.00. The Hall–Kier alpha value is -2.53. The average molecular weight is 462 g/mol. The molecule has 3 aromatic rings. The molecule has 0 aromatic heterocycles. The van der Waals surface area contributed by atoms with Gasteiger partial charge < -0.3 is 4.74 Å². The molecule has 0 bridgehead atoms. The van der Waals surface area contributed by atoms with E-state index in [0.717, 1.165) is 28.0 Å². The van der Waals surface area contributed by atoms with Crippen molar-refractivity contribution in [2.75, 3.05) is 0 Å². The Morgan fingerprint density at radius 3 is 2.37 bits per heavy atom. The predicted octanol–water partition coefficient (Wildman–Crippen LogP) is 6.61. The highest BCUT2D eigenvalue weighted by atomic mass is 35.5. The quantitative estimate of drug-likeness (QED) is 0.332. The first kappa shape index (κ1) is 22.2. The molecule has 0 radical (unpaired) electrons. The van der Waals surface area contributed by atoms with Crippen LogP contribution in [0.3, 0.4) is 0 Å². The monoisotopic (exact) mass is 460 g/mol. The molecule has 0 saturated heterocycles. The molecule has 154 valence electrons. The lowest BCUT2D eigenvalue weighted by Gasteiger charge is -2.14. The van der Waals surface area contributed by atoms with Gasteiger partial charge in [0.15, 0.2) is 0 Å². The lowest BCUT2D eigenvalue weighted by atomic mass is 10.1. The molecule has 3 rings (SSSR count). The van der Waals surface area contributed by atoms with Gasteiger partial charge >= 0.3 is 0 Å². The van der Waals surface area contributed by atoms with Crippen LogP contribution < -0.4 is 10.2 Å². The lowest BCUT2D eigenvalue weighted by Crippen LogP contribution is -2.17. The zero-order valence-electron chi connectivity index (χ0n) is 16.4. The number of rotatable bonds is 6. The van der Waals surface area contributed by atoms with Gasteiger partial charge in [0.25, 0.3) is 5.91 Å².